The predicted octanol–water partition coefficient (Wildman–Crippen LogP) is 0.761. The minimum absolute atomic E-state index is 0.160. The minimum Gasteiger partial charge on any atom is -0.398 e. The van der Waals surface area contributed by atoms with Gasteiger partial charge in [0.1, 0.15) is 0 Å². The van der Waals surface area contributed by atoms with Crippen LogP contribution in [0.2, 0.25) is 0 Å². The first-order valence-electron chi connectivity index (χ1n) is 6.11. The monoisotopic (exact) mass is 249 g/mol. The Morgan fingerprint density at radius 1 is 1.39 bits per heavy atom. The van der Waals surface area contributed by atoms with E-state index >= 15 is 0 Å². The Morgan fingerprint density at radius 2 is 2.06 bits per heavy atom. The molecule has 1 fully saturated rings. The SMILES string of the molecule is CC(c1cccc(C(N)=O)c1N)N1CCOCC1. The normalized spacial score (nSPS) is 18.5. The number of hydrogen-bond acceptors (Lipinski definition) is 4. The van der Waals surface area contributed by atoms with Gasteiger partial charge in [-0.15, -0.1) is 0 Å². The zero-order chi connectivity index (χ0) is 13.1. The van der Waals surface area contributed by atoms with E-state index in [4.69, 9.17) is 16.2 Å². The molecule has 1 aliphatic heterocycles. The molecule has 1 amide bonds. The molecule has 1 aromatic rings. The van der Waals surface area contributed by atoms with Crippen LogP contribution in [-0.4, -0.2) is 37.1 Å². The van der Waals surface area contributed by atoms with E-state index in [0.29, 0.717) is 11.3 Å². The van der Waals surface area contributed by atoms with Gasteiger partial charge in [-0.25, -0.2) is 0 Å². The lowest BCUT2D eigenvalue weighted by molar-refractivity contribution is 0.0200. The summed E-state index contributed by atoms with van der Waals surface area (Å²) >= 11 is 0. The van der Waals surface area contributed by atoms with Crippen LogP contribution in [0, 0.1) is 0 Å². The van der Waals surface area contributed by atoms with Gasteiger partial charge >= 0.3 is 0 Å². The third-order valence-corrected chi connectivity index (χ3v) is 3.45. The van der Waals surface area contributed by atoms with Gasteiger partial charge in [0, 0.05) is 24.8 Å². The van der Waals surface area contributed by atoms with Gasteiger partial charge in [0.15, 0.2) is 0 Å². The fourth-order valence-electron chi connectivity index (χ4n) is 2.32. The Labute approximate surface area is 107 Å². The molecular formula is C13H19N3O2. The van der Waals surface area contributed by atoms with Crippen molar-refractivity contribution in [3.8, 4) is 0 Å². The van der Waals surface area contributed by atoms with Gasteiger partial charge in [-0.1, -0.05) is 12.1 Å². The fraction of sp³-hybridized carbons (Fsp3) is 0.462. The highest BCUT2D eigenvalue weighted by molar-refractivity contribution is 5.98. The summed E-state index contributed by atoms with van der Waals surface area (Å²) in [5.41, 5.74) is 13.2. The minimum atomic E-state index is -0.483. The van der Waals surface area contributed by atoms with Crippen LogP contribution in [0.25, 0.3) is 0 Å². The average molecular weight is 249 g/mol. The Morgan fingerprint density at radius 3 is 2.67 bits per heavy atom. The van der Waals surface area contributed by atoms with Crippen LogP contribution >= 0.6 is 0 Å². The van der Waals surface area contributed by atoms with Crippen molar-refractivity contribution < 1.29 is 9.53 Å². The number of benzene rings is 1. The van der Waals surface area contributed by atoms with Crippen molar-refractivity contribution in [2.75, 3.05) is 32.0 Å². The van der Waals surface area contributed by atoms with Crippen molar-refractivity contribution in [1.82, 2.24) is 4.90 Å². The van der Waals surface area contributed by atoms with E-state index in [1.54, 1.807) is 6.07 Å². The third kappa shape index (κ3) is 2.47. The number of nitrogens with zero attached hydrogens (tertiary/aromatic N) is 1. The highest BCUT2D eigenvalue weighted by atomic mass is 16.5. The van der Waals surface area contributed by atoms with Gasteiger partial charge in [0.25, 0.3) is 5.91 Å². The lowest BCUT2D eigenvalue weighted by Gasteiger charge is -2.33. The smallest absolute Gasteiger partial charge is 0.250 e. The second kappa shape index (κ2) is 5.37. The summed E-state index contributed by atoms with van der Waals surface area (Å²) in [6, 6.07) is 5.59. The number of primary amides is 1. The van der Waals surface area contributed by atoms with Crippen molar-refractivity contribution in [2.45, 2.75) is 13.0 Å². The molecule has 1 atom stereocenters. The Kier molecular flexibility index (Phi) is 3.84. The summed E-state index contributed by atoms with van der Waals surface area (Å²) in [6.45, 7) is 5.31. The third-order valence-electron chi connectivity index (χ3n) is 3.45. The average Bonchev–Trinajstić information content (AvgIpc) is 2.39. The number of amides is 1. The molecule has 0 spiro atoms. The lowest BCUT2D eigenvalue weighted by Crippen LogP contribution is -2.38. The van der Waals surface area contributed by atoms with E-state index in [2.05, 4.69) is 11.8 Å². The molecule has 0 saturated carbocycles. The number of nitrogen functional groups attached to an aromatic ring is 1. The summed E-state index contributed by atoms with van der Waals surface area (Å²) in [5, 5.41) is 0. The van der Waals surface area contributed by atoms with Crippen LogP contribution < -0.4 is 11.5 Å². The number of morpholine rings is 1. The van der Waals surface area contributed by atoms with Crippen molar-refractivity contribution in [1.29, 1.82) is 0 Å². The number of carbonyl (C=O) groups excluding carboxylic acids is 1. The molecule has 1 aromatic carbocycles. The number of nitrogens with two attached hydrogens (primary N) is 2. The molecule has 98 valence electrons. The first kappa shape index (κ1) is 12.9. The van der Waals surface area contributed by atoms with Crippen LogP contribution in [-0.2, 0) is 4.74 Å². The van der Waals surface area contributed by atoms with Crippen molar-refractivity contribution in [3.05, 3.63) is 29.3 Å². The highest BCUT2D eigenvalue weighted by Crippen LogP contribution is 2.28. The Bertz CT molecular complexity index is 442. The first-order valence-corrected chi connectivity index (χ1v) is 6.11. The molecule has 0 radical (unpaired) electrons. The zero-order valence-electron chi connectivity index (χ0n) is 10.6. The molecule has 4 N–H and O–H groups in total. The van der Waals surface area contributed by atoms with E-state index < -0.39 is 5.91 Å². The van der Waals surface area contributed by atoms with Gasteiger partial charge in [0.2, 0.25) is 0 Å². The van der Waals surface area contributed by atoms with E-state index in [9.17, 15) is 4.79 Å². The molecule has 18 heavy (non-hydrogen) atoms. The molecule has 0 aromatic heterocycles. The second-order valence-electron chi connectivity index (χ2n) is 4.50. The Balaban J connectivity index is 2.26. The lowest BCUT2D eigenvalue weighted by atomic mass is 10.00. The van der Waals surface area contributed by atoms with Crippen LogP contribution in [0.15, 0.2) is 18.2 Å². The molecule has 1 aliphatic rings. The summed E-state index contributed by atoms with van der Waals surface area (Å²) in [4.78, 5) is 13.6. The molecule has 5 nitrogen and oxygen atoms in total. The topological polar surface area (TPSA) is 81.6 Å². The molecule has 1 saturated heterocycles. The maximum Gasteiger partial charge on any atom is 0.250 e. The number of rotatable bonds is 3. The summed E-state index contributed by atoms with van der Waals surface area (Å²) in [7, 11) is 0. The van der Waals surface area contributed by atoms with Gasteiger partial charge in [0.05, 0.1) is 18.8 Å². The zero-order valence-corrected chi connectivity index (χ0v) is 10.6. The largest absolute Gasteiger partial charge is 0.398 e. The van der Waals surface area contributed by atoms with E-state index in [-0.39, 0.29) is 6.04 Å². The van der Waals surface area contributed by atoms with E-state index in [1.165, 1.54) is 0 Å². The summed E-state index contributed by atoms with van der Waals surface area (Å²) in [5.74, 6) is -0.483. The molecular weight excluding hydrogens is 230 g/mol. The van der Waals surface area contributed by atoms with Crippen LogP contribution in [0.5, 0.6) is 0 Å². The van der Waals surface area contributed by atoms with Crippen LogP contribution in [0.4, 0.5) is 5.69 Å². The number of anilines is 1. The molecule has 1 heterocycles. The number of hydrogen-bond donors (Lipinski definition) is 2. The maximum absolute atomic E-state index is 11.3. The summed E-state index contributed by atoms with van der Waals surface area (Å²) < 4.78 is 5.33. The van der Waals surface area contributed by atoms with Crippen molar-refractivity contribution >= 4 is 11.6 Å². The first-order chi connectivity index (χ1) is 8.61. The number of carbonyl (C=O) groups is 1. The highest BCUT2D eigenvalue weighted by Gasteiger charge is 2.21. The number of ether oxygens (including phenoxy) is 1. The van der Waals surface area contributed by atoms with Gasteiger partial charge in [-0.3, -0.25) is 9.69 Å². The standard InChI is InChI=1S/C13H19N3O2/c1-9(16-5-7-18-8-6-16)10-3-2-4-11(12(10)14)13(15)17/h2-4,9H,5-8,14H2,1H3,(H2,15,17). The molecule has 2 rings (SSSR count). The molecule has 0 bridgehead atoms. The number of para-hydroxylation sites is 1. The molecule has 1 unspecified atom stereocenters. The van der Waals surface area contributed by atoms with Crippen LogP contribution in [0.1, 0.15) is 28.9 Å². The second-order valence-corrected chi connectivity index (χ2v) is 4.50. The summed E-state index contributed by atoms with van der Waals surface area (Å²) in [6.07, 6.45) is 0. The quantitative estimate of drug-likeness (QED) is 0.775. The van der Waals surface area contributed by atoms with Gasteiger partial charge < -0.3 is 16.2 Å². The van der Waals surface area contributed by atoms with Gasteiger partial charge in [-0.2, -0.15) is 0 Å². The molecule has 5 heteroatoms. The van der Waals surface area contributed by atoms with E-state index in [0.717, 1.165) is 31.9 Å². The predicted molar refractivity (Wildman–Crippen MR) is 70.2 cm³/mol. The Hall–Kier alpha value is -1.59. The van der Waals surface area contributed by atoms with Crippen molar-refractivity contribution in [2.24, 2.45) is 5.73 Å². The van der Waals surface area contributed by atoms with Crippen LogP contribution in [0.3, 0.4) is 0 Å². The maximum atomic E-state index is 11.3. The van der Waals surface area contributed by atoms with Gasteiger partial charge in [-0.05, 0) is 18.6 Å². The van der Waals surface area contributed by atoms with Crippen molar-refractivity contribution in [3.63, 3.8) is 0 Å². The molecule has 0 aliphatic carbocycles. The fourth-order valence-corrected chi connectivity index (χ4v) is 2.32. The van der Waals surface area contributed by atoms with E-state index in [1.807, 2.05) is 12.1 Å².